The molecule has 5 rings (SSSR count). The summed E-state index contributed by atoms with van der Waals surface area (Å²) in [5.41, 5.74) is 4.69. The number of amides is 1. The van der Waals surface area contributed by atoms with Crippen LogP contribution in [0.3, 0.4) is 0 Å². The van der Waals surface area contributed by atoms with Crippen molar-refractivity contribution in [2.24, 2.45) is 0 Å². The number of hydrogen-bond donors (Lipinski definition) is 2. The molecule has 0 saturated heterocycles. The van der Waals surface area contributed by atoms with Crippen molar-refractivity contribution in [3.05, 3.63) is 63.4 Å². The first-order valence-electron chi connectivity index (χ1n) is 9.70. The van der Waals surface area contributed by atoms with Gasteiger partial charge in [0.05, 0.1) is 5.02 Å². The Morgan fingerprint density at radius 3 is 2.76 bits per heavy atom. The van der Waals surface area contributed by atoms with Crippen LogP contribution in [0.25, 0.3) is 11.0 Å². The zero-order valence-corrected chi connectivity index (χ0v) is 16.4. The lowest BCUT2D eigenvalue weighted by Crippen LogP contribution is -2.34. The van der Waals surface area contributed by atoms with Gasteiger partial charge in [0, 0.05) is 35.4 Å². The molecule has 3 heterocycles. The lowest BCUT2D eigenvalue weighted by Gasteiger charge is -2.37. The molecule has 0 atom stereocenters. The predicted octanol–water partition coefficient (Wildman–Crippen LogP) is 4.66. The molecule has 2 aromatic carbocycles. The molecule has 0 unspecified atom stereocenters. The molecule has 0 fully saturated rings. The molecular formula is C22H19ClFN3O2. The molecule has 1 amide bonds. The molecule has 1 aromatic heterocycles. The number of nitrogens with one attached hydrogen (secondary N) is 2. The average molecular weight is 412 g/mol. The van der Waals surface area contributed by atoms with E-state index in [0.29, 0.717) is 11.3 Å². The minimum absolute atomic E-state index is 0.0765. The number of carbonyl (C=O) groups excluding carboxylic acids is 1. The van der Waals surface area contributed by atoms with Gasteiger partial charge in [-0.2, -0.15) is 0 Å². The number of nitrogens with zero attached hydrogens (tertiary/aromatic N) is 1. The highest BCUT2D eigenvalue weighted by Gasteiger charge is 2.27. The van der Waals surface area contributed by atoms with Crippen LogP contribution in [0.2, 0.25) is 5.02 Å². The van der Waals surface area contributed by atoms with Crippen molar-refractivity contribution in [1.82, 2.24) is 0 Å². The average Bonchev–Trinajstić information content (AvgIpc) is 2.71. The van der Waals surface area contributed by atoms with Gasteiger partial charge >= 0.3 is 0 Å². The van der Waals surface area contributed by atoms with E-state index in [-0.39, 0.29) is 16.1 Å². The molecule has 0 aliphatic carbocycles. The fraction of sp³-hybridized carbons (Fsp3) is 0.273. The highest BCUT2D eigenvalue weighted by molar-refractivity contribution is 6.31. The van der Waals surface area contributed by atoms with Crippen LogP contribution < -0.4 is 15.8 Å². The number of halogens is 2. The number of benzene rings is 2. The number of anilines is 2. The van der Waals surface area contributed by atoms with Gasteiger partial charge in [0.15, 0.2) is 0 Å². The van der Waals surface area contributed by atoms with Crippen molar-refractivity contribution in [2.45, 2.75) is 25.7 Å². The summed E-state index contributed by atoms with van der Waals surface area (Å²) in [6.45, 7) is 2.11. The van der Waals surface area contributed by atoms with Crippen LogP contribution in [-0.4, -0.2) is 19.0 Å². The highest BCUT2D eigenvalue weighted by atomic mass is 35.5. The third kappa shape index (κ3) is 3.08. The number of rotatable bonds is 2. The van der Waals surface area contributed by atoms with E-state index in [2.05, 4.69) is 16.3 Å². The van der Waals surface area contributed by atoms with Crippen molar-refractivity contribution in [3.8, 4) is 0 Å². The molecule has 7 heteroatoms. The second-order valence-electron chi connectivity index (χ2n) is 7.55. The van der Waals surface area contributed by atoms with Gasteiger partial charge in [0.2, 0.25) is 5.55 Å². The Kier molecular flexibility index (Phi) is 4.32. The van der Waals surface area contributed by atoms with Gasteiger partial charge in [-0.15, -0.1) is 0 Å². The molecule has 0 saturated carbocycles. The van der Waals surface area contributed by atoms with E-state index >= 15 is 0 Å². The Labute approximate surface area is 171 Å². The largest absolute Gasteiger partial charge is 0.438 e. The van der Waals surface area contributed by atoms with Crippen LogP contribution in [-0.2, 0) is 12.8 Å². The van der Waals surface area contributed by atoms with Crippen LogP contribution in [0.1, 0.15) is 34.3 Å². The van der Waals surface area contributed by atoms with E-state index in [9.17, 15) is 9.18 Å². The van der Waals surface area contributed by atoms with Gasteiger partial charge in [-0.25, -0.2) is 4.39 Å². The van der Waals surface area contributed by atoms with Crippen molar-refractivity contribution in [2.75, 3.05) is 23.3 Å². The molecule has 148 valence electrons. The fourth-order valence-corrected chi connectivity index (χ4v) is 4.58. The molecular weight excluding hydrogens is 393 g/mol. The van der Waals surface area contributed by atoms with Crippen molar-refractivity contribution < 1.29 is 13.6 Å². The Morgan fingerprint density at radius 2 is 1.97 bits per heavy atom. The van der Waals surface area contributed by atoms with Gasteiger partial charge in [0.25, 0.3) is 5.91 Å². The topological polar surface area (TPSA) is 69.3 Å². The van der Waals surface area contributed by atoms with Crippen molar-refractivity contribution in [1.29, 1.82) is 5.41 Å². The zero-order chi connectivity index (χ0) is 20.1. The van der Waals surface area contributed by atoms with E-state index in [0.717, 1.165) is 49.7 Å². The van der Waals surface area contributed by atoms with Gasteiger partial charge < -0.3 is 14.6 Å². The molecule has 2 aliphatic heterocycles. The normalized spacial score (nSPS) is 15.3. The molecule has 0 spiro atoms. The summed E-state index contributed by atoms with van der Waals surface area (Å²) in [5, 5.41) is 11.7. The number of fused-ring (bicyclic) bond motifs is 2. The molecule has 5 nitrogen and oxygen atoms in total. The lowest BCUT2D eigenvalue weighted by atomic mass is 9.90. The van der Waals surface area contributed by atoms with Crippen LogP contribution in [0.15, 0.2) is 34.7 Å². The van der Waals surface area contributed by atoms with E-state index in [4.69, 9.17) is 21.4 Å². The summed E-state index contributed by atoms with van der Waals surface area (Å²) in [5.74, 6) is -1.05. The lowest BCUT2D eigenvalue weighted by molar-refractivity contribution is 0.102. The number of carbonyl (C=O) groups is 1. The van der Waals surface area contributed by atoms with Gasteiger partial charge in [-0.1, -0.05) is 11.6 Å². The zero-order valence-electron chi connectivity index (χ0n) is 15.6. The maximum Gasteiger partial charge on any atom is 0.261 e. The van der Waals surface area contributed by atoms with E-state index in [1.807, 2.05) is 0 Å². The molecule has 3 aromatic rings. The smallest absolute Gasteiger partial charge is 0.261 e. The summed E-state index contributed by atoms with van der Waals surface area (Å²) >= 11 is 5.78. The molecule has 2 aliphatic rings. The summed E-state index contributed by atoms with van der Waals surface area (Å²) < 4.78 is 19.2. The first-order valence-corrected chi connectivity index (χ1v) is 10.1. The summed E-state index contributed by atoms with van der Waals surface area (Å²) in [7, 11) is 0. The minimum Gasteiger partial charge on any atom is -0.438 e. The number of hydrogen-bond acceptors (Lipinski definition) is 4. The van der Waals surface area contributed by atoms with Crippen LogP contribution >= 0.6 is 11.6 Å². The third-order valence-corrected chi connectivity index (χ3v) is 5.96. The Morgan fingerprint density at radius 1 is 1.17 bits per heavy atom. The molecule has 0 bridgehead atoms. The maximum absolute atomic E-state index is 13.3. The molecule has 2 N–H and O–H groups in total. The minimum atomic E-state index is -0.556. The Bertz CT molecular complexity index is 1220. The van der Waals surface area contributed by atoms with E-state index in [1.165, 1.54) is 29.4 Å². The SMILES string of the molecule is N=c1oc2c3c4c(cc2cc1C(=O)Nc1ccc(F)c(Cl)c1)CCCN4CCC3. The second-order valence-corrected chi connectivity index (χ2v) is 7.95. The van der Waals surface area contributed by atoms with Gasteiger partial charge in [0.1, 0.15) is 17.0 Å². The van der Waals surface area contributed by atoms with Crippen LogP contribution in [0.4, 0.5) is 15.8 Å². The molecule has 0 radical (unpaired) electrons. The standard InChI is InChI=1S/C22H19ClFN3O2/c23-17-11-14(5-6-18(17)24)26-22(28)16-10-13-9-12-3-1-7-27-8-2-4-15(19(12)27)20(13)29-21(16)25/h5-6,9-11,25H,1-4,7-8H2,(H,26,28). The monoisotopic (exact) mass is 411 g/mol. The number of aryl methyl sites for hydroxylation is 2. The Balaban J connectivity index is 1.58. The molecule has 29 heavy (non-hydrogen) atoms. The van der Waals surface area contributed by atoms with Crippen LogP contribution in [0.5, 0.6) is 0 Å². The highest BCUT2D eigenvalue weighted by Crippen LogP contribution is 2.39. The summed E-state index contributed by atoms with van der Waals surface area (Å²) in [4.78, 5) is 15.2. The van der Waals surface area contributed by atoms with Crippen molar-refractivity contribution >= 4 is 39.9 Å². The third-order valence-electron chi connectivity index (χ3n) is 5.67. The van der Waals surface area contributed by atoms with Crippen molar-refractivity contribution in [3.63, 3.8) is 0 Å². The maximum atomic E-state index is 13.3. The van der Waals surface area contributed by atoms with E-state index < -0.39 is 11.7 Å². The van der Waals surface area contributed by atoms with E-state index in [1.54, 1.807) is 6.07 Å². The predicted molar refractivity (Wildman–Crippen MR) is 110 cm³/mol. The first-order chi connectivity index (χ1) is 14.0. The summed E-state index contributed by atoms with van der Waals surface area (Å²) in [6.07, 6.45) is 4.10. The fourth-order valence-electron chi connectivity index (χ4n) is 4.40. The first kappa shape index (κ1) is 18.2. The Hall–Kier alpha value is -2.86. The van der Waals surface area contributed by atoms with Crippen LogP contribution in [0, 0.1) is 11.2 Å². The van der Waals surface area contributed by atoms with Gasteiger partial charge in [-0.3, -0.25) is 10.2 Å². The quantitative estimate of drug-likeness (QED) is 0.644. The summed E-state index contributed by atoms with van der Waals surface area (Å²) in [6, 6.07) is 7.75. The van der Waals surface area contributed by atoms with Gasteiger partial charge in [-0.05, 0) is 61.6 Å². The second kappa shape index (κ2) is 6.88.